The molecular formula is C12H27NO. The van der Waals surface area contributed by atoms with Crippen LogP contribution in [0, 0.1) is 0 Å². The third kappa shape index (κ3) is 8.52. The Labute approximate surface area is 89.1 Å². The van der Waals surface area contributed by atoms with Gasteiger partial charge >= 0.3 is 0 Å². The van der Waals surface area contributed by atoms with Crippen molar-refractivity contribution in [2.75, 3.05) is 6.54 Å². The molecule has 0 spiro atoms. The summed E-state index contributed by atoms with van der Waals surface area (Å²) in [7, 11) is 0. The minimum absolute atomic E-state index is 0.475. The van der Waals surface area contributed by atoms with Crippen molar-refractivity contribution in [3.63, 3.8) is 0 Å². The topological polar surface area (TPSA) is 32.3 Å². The van der Waals surface area contributed by atoms with Gasteiger partial charge in [0, 0.05) is 6.04 Å². The van der Waals surface area contributed by atoms with Gasteiger partial charge in [0.1, 0.15) is 0 Å². The Hall–Kier alpha value is -0.0800. The van der Waals surface area contributed by atoms with Gasteiger partial charge in [0.05, 0.1) is 5.60 Å². The number of aliphatic hydroxyl groups is 1. The number of nitrogens with one attached hydrogen (secondary N) is 1. The molecule has 0 heterocycles. The fourth-order valence-corrected chi connectivity index (χ4v) is 1.51. The second-order valence-electron chi connectivity index (χ2n) is 4.81. The van der Waals surface area contributed by atoms with Gasteiger partial charge in [-0.1, -0.05) is 40.0 Å². The van der Waals surface area contributed by atoms with Crippen LogP contribution >= 0.6 is 0 Å². The number of unbranched alkanes of at least 4 members (excludes halogenated alkanes) is 2. The standard InChI is InChI=1S/C12H27NO/c1-5-6-7-8-12(4,14)9-10-13-11(2)3/h11,13-14H,5-10H2,1-4H3. The van der Waals surface area contributed by atoms with Gasteiger partial charge in [-0.15, -0.1) is 0 Å². The average Bonchev–Trinajstić information content (AvgIpc) is 2.03. The first-order chi connectivity index (χ1) is 6.48. The van der Waals surface area contributed by atoms with E-state index in [1.807, 2.05) is 6.92 Å². The molecule has 14 heavy (non-hydrogen) atoms. The number of hydrogen-bond donors (Lipinski definition) is 2. The predicted octanol–water partition coefficient (Wildman–Crippen LogP) is 2.71. The van der Waals surface area contributed by atoms with E-state index in [4.69, 9.17) is 0 Å². The summed E-state index contributed by atoms with van der Waals surface area (Å²) < 4.78 is 0. The highest BCUT2D eigenvalue weighted by atomic mass is 16.3. The van der Waals surface area contributed by atoms with Gasteiger partial charge in [-0.2, -0.15) is 0 Å². The molecule has 86 valence electrons. The van der Waals surface area contributed by atoms with Crippen molar-refractivity contribution in [1.82, 2.24) is 5.32 Å². The van der Waals surface area contributed by atoms with E-state index < -0.39 is 5.60 Å². The number of hydrogen-bond acceptors (Lipinski definition) is 2. The van der Waals surface area contributed by atoms with Crippen LogP contribution in [-0.4, -0.2) is 23.3 Å². The van der Waals surface area contributed by atoms with Crippen LogP contribution in [0.1, 0.15) is 59.8 Å². The maximum atomic E-state index is 10.0. The predicted molar refractivity (Wildman–Crippen MR) is 62.5 cm³/mol. The van der Waals surface area contributed by atoms with Crippen LogP contribution in [0.5, 0.6) is 0 Å². The maximum Gasteiger partial charge on any atom is 0.0631 e. The van der Waals surface area contributed by atoms with Gasteiger partial charge in [0.25, 0.3) is 0 Å². The molecule has 0 amide bonds. The summed E-state index contributed by atoms with van der Waals surface area (Å²) in [5.74, 6) is 0. The number of rotatable bonds is 8. The van der Waals surface area contributed by atoms with Crippen LogP contribution in [0.25, 0.3) is 0 Å². The Kier molecular flexibility index (Phi) is 7.20. The average molecular weight is 201 g/mol. The lowest BCUT2D eigenvalue weighted by Gasteiger charge is -2.24. The quantitative estimate of drug-likeness (QED) is 0.592. The molecule has 1 atom stereocenters. The summed E-state index contributed by atoms with van der Waals surface area (Å²) in [5.41, 5.74) is -0.475. The van der Waals surface area contributed by atoms with Crippen LogP contribution in [0.15, 0.2) is 0 Å². The van der Waals surface area contributed by atoms with E-state index in [1.165, 1.54) is 12.8 Å². The summed E-state index contributed by atoms with van der Waals surface area (Å²) in [6.07, 6.45) is 5.38. The molecule has 2 N–H and O–H groups in total. The lowest BCUT2D eigenvalue weighted by Crippen LogP contribution is -2.32. The first kappa shape index (κ1) is 13.9. The highest BCUT2D eigenvalue weighted by molar-refractivity contribution is 4.73. The third-order valence-corrected chi connectivity index (χ3v) is 2.54. The summed E-state index contributed by atoms with van der Waals surface area (Å²) in [6, 6.07) is 0.515. The Morgan fingerprint density at radius 1 is 1.21 bits per heavy atom. The Morgan fingerprint density at radius 2 is 1.86 bits per heavy atom. The van der Waals surface area contributed by atoms with Gasteiger partial charge in [-0.05, 0) is 26.3 Å². The molecule has 0 aliphatic heterocycles. The lowest BCUT2D eigenvalue weighted by molar-refractivity contribution is 0.0393. The van der Waals surface area contributed by atoms with Crippen molar-refractivity contribution in [3.8, 4) is 0 Å². The first-order valence-electron chi connectivity index (χ1n) is 5.93. The summed E-state index contributed by atoms with van der Waals surface area (Å²) in [6.45, 7) is 9.31. The molecule has 0 aromatic rings. The zero-order valence-electron chi connectivity index (χ0n) is 10.3. The Morgan fingerprint density at radius 3 is 2.36 bits per heavy atom. The van der Waals surface area contributed by atoms with Crippen molar-refractivity contribution in [1.29, 1.82) is 0 Å². The van der Waals surface area contributed by atoms with Gasteiger partial charge < -0.3 is 10.4 Å². The molecule has 0 radical (unpaired) electrons. The van der Waals surface area contributed by atoms with Crippen molar-refractivity contribution in [3.05, 3.63) is 0 Å². The minimum atomic E-state index is -0.475. The molecule has 2 heteroatoms. The zero-order valence-corrected chi connectivity index (χ0v) is 10.3. The minimum Gasteiger partial charge on any atom is -0.390 e. The first-order valence-corrected chi connectivity index (χ1v) is 5.93. The molecule has 0 bridgehead atoms. The molecule has 0 saturated carbocycles. The monoisotopic (exact) mass is 201 g/mol. The van der Waals surface area contributed by atoms with Crippen molar-refractivity contribution < 1.29 is 5.11 Å². The van der Waals surface area contributed by atoms with Gasteiger partial charge in [-0.25, -0.2) is 0 Å². The molecule has 0 aromatic heterocycles. The van der Waals surface area contributed by atoms with E-state index in [9.17, 15) is 5.11 Å². The second-order valence-corrected chi connectivity index (χ2v) is 4.81. The van der Waals surface area contributed by atoms with E-state index in [0.29, 0.717) is 6.04 Å². The Bertz CT molecular complexity index is 132. The van der Waals surface area contributed by atoms with Crippen LogP contribution < -0.4 is 5.32 Å². The largest absolute Gasteiger partial charge is 0.390 e. The molecule has 0 saturated heterocycles. The van der Waals surface area contributed by atoms with Crippen LogP contribution in [0.3, 0.4) is 0 Å². The summed E-state index contributed by atoms with van der Waals surface area (Å²) >= 11 is 0. The highest BCUT2D eigenvalue weighted by Crippen LogP contribution is 2.17. The molecule has 0 rings (SSSR count). The summed E-state index contributed by atoms with van der Waals surface area (Å²) in [4.78, 5) is 0. The SMILES string of the molecule is CCCCCC(C)(O)CCNC(C)C. The van der Waals surface area contributed by atoms with Crippen molar-refractivity contribution in [2.45, 2.75) is 71.4 Å². The van der Waals surface area contributed by atoms with E-state index in [0.717, 1.165) is 25.8 Å². The summed E-state index contributed by atoms with van der Waals surface area (Å²) in [5, 5.41) is 13.3. The van der Waals surface area contributed by atoms with Gasteiger partial charge in [-0.3, -0.25) is 0 Å². The highest BCUT2D eigenvalue weighted by Gasteiger charge is 2.18. The molecule has 0 aliphatic carbocycles. The van der Waals surface area contributed by atoms with E-state index in [2.05, 4.69) is 26.1 Å². The van der Waals surface area contributed by atoms with Gasteiger partial charge in [0.15, 0.2) is 0 Å². The normalized spacial score (nSPS) is 15.9. The zero-order chi connectivity index (χ0) is 11.0. The maximum absolute atomic E-state index is 10.0. The van der Waals surface area contributed by atoms with E-state index >= 15 is 0 Å². The molecule has 1 unspecified atom stereocenters. The van der Waals surface area contributed by atoms with Gasteiger partial charge in [0.2, 0.25) is 0 Å². The van der Waals surface area contributed by atoms with Crippen molar-refractivity contribution >= 4 is 0 Å². The van der Waals surface area contributed by atoms with Crippen LogP contribution in [0.2, 0.25) is 0 Å². The smallest absolute Gasteiger partial charge is 0.0631 e. The molecule has 0 aromatic carbocycles. The van der Waals surface area contributed by atoms with Crippen LogP contribution in [0.4, 0.5) is 0 Å². The third-order valence-electron chi connectivity index (χ3n) is 2.54. The molecule has 2 nitrogen and oxygen atoms in total. The molecule has 0 fully saturated rings. The van der Waals surface area contributed by atoms with Crippen molar-refractivity contribution in [2.24, 2.45) is 0 Å². The fourth-order valence-electron chi connectivity index (χ4n) is 1.51. The molecular weight excluding hydrogens is 174 g/mol. The molecule has 0 aliphatic rings. The second kappa shape index (κ2) is 7.24. The fraction of sp³-hybridized carbons (Fsp3) is 1.00. The Balaban J connectivity index is 3.50. The lowest BCUT2D eigenvalue weighted by atomic mass is 9.95. The van der Waals surface area contributed by atoms with Crippen LogP contribution in [-0.2, 0) is 0 Å². The van der Waals surface area contributed by atoms with E-state index in [1.54, 1.807) is 0 Å². The van der Waals surface area contributed by atoms with E-state index in [-0.39, 0.29) is 0 Å².